The molecule has 1 heterocycles. The van der Waals surface area contributed by atoms with Gasteiger partial charge in [-0.15, -0.1) is 0 Å². The summed E-state index contributed by atoms with van der Waals surface area (Å²) in [4.78, 5) is 16.0. The Morgan fingerprint density at radius 2 is 1.84 bits per heavy atom. The van der Waals surface area contributed by atoms with Crippen LogP contribution >= 0.6 is 0 Å². The molecule has 1 fully saturated rings. The maximum Gasteiger partial charge on any atom is 0.239 e. The molecular formula is C15H31N3O. The van der Waals surface area contributed by atoms with E-state index in [9.17, 15) is 4.79 Å². The van der Waals surface area contributed by atoms with Crippen molar-refractivity contribution in [1.29, 1.82) is 0 Å². The van der Waals surface area contributed by atoms with Crippen LogP contribution in [0.15, 0.2) is 0 Å². The molecule has 1 atom stereocenters. The molecule has 0 aromatic rings. The minimum atomic E-state index is 0.0199. The largest absolute Gasteiger partial charge is 0.347 e. The number of carbonyl (C=O) groups is 1. The fourth-order valence-corrected chi connectivity index (χ4v) is 2.52. The van der Waals surface area contributed by atoms with Crippen LogP contribution < -0.4 is 5.32 Å². The number of piperidine rings is 1. The van der Waals surface area contributed by atoms with Gasteiger partial charge in [0.25, 0.3) is 0 Å². The van der Waals surface area contributed by atoms with E-state index >= 15 is 0 Å². The molecule has 1 aliphatic heterocycles. The molecule has 0 radical (unpaired) electrons. The predicted molar refractivity (Wildman–Crippen MR) is 80.2 cm³/mol. The van der Waals surface area contributed by atoms with Crippen molar-refractivity contribution in [2.45, 2.75) is 52.1 Å². The highest BCUT2D eigenvalue weighted by atomic mass is 16.2. The van der Waals surface area contributed by atoms with Crippen LogP contribution in [-0.4, -0.2) is 61.0 Å². The lowest BCUT2D eigenvalue weighted by molar-refractivity contribution is -0.134. The molecule has 0 aromatic heterocycles. The Bertz CT molecular complexity index is 288. The molecule has 4 nitrogen and oxygen atoms in total. The van der Waals surface area contributed by atoms with Crippen molar-refractivity contribution in [3.8, 4) is 0 Å². The summed E-state index contributed by atoms with van der Waals surface area (Å²) in [6.45, 7) is 11.8. The molecule has 1 aliphatic rings. The summed E-state index contributed by atoms with van der Waals surface area (Å²) < 4.78 is 0. The van der Waals surface area contributed by atoms with Gasteiger partial charge in [-0.25, -0.2) is 0 Å². The second-order valence-electron chi connectivity index (χ2n) is 7.02. The summed E-state index contributed by atoms with van der Waals surface area (Å²) in [5.41, 5.74) is 0.200. The van der Waals surface area contributed by atoms with Crippen LogP contribution in [0.5, 0.6) is 0 Å². The smallest absolute Gasteiger partial charge is 0.239 e. The quantitative estimate of drug-likeness (QED) is 0.841. The zero-order chi connectivity index (χ0) is 14.6. The lowest BCUT2D eigenvalue weighted by Crippen LogP contribution is -2.49. The summed E-state index contributed by atoms with van der Waals surface area (Å²) in [5.74, 6) is 0.961. The van der Waals surface area contributed by atoms with Crippen molar-refractivity contribution in [2.75, 3.05) is 33.7 Å². The highest BCUT2D eigenvalue weighted by molar-refractivity contribution is 5.80. The van der Waals surface area contributed by atoms with E-state index in [1.54, 1.807) is 4.90 Å². The normalized spacial score (nSPS) is 20.3. The highest BCUT2D eigenvalue weighted by Crippen LogP contribution is 2.19. The number of likely N-dealkylation sites (tertiary alicyclic amines) is 1. The van der Waals surface area contributed by atoms with Crippen LogP contribution in [0, 0.1) is 5.92 Å². The van der Waals surface area contributed by atoms with Crippen LogP contribution in [0.4, 0.5) is 0 Å². The molecule has 1 N–H and O–H groups in total. The molecule has 0 saturated carbocycles. The van der Waals surface area contributed by atoms with E-state index in [0.717, 1.165) is 25.6 Å². The van der Waals surface area contributed by atoms with Crippen molar-refractivity contribution < 1.29 is 4.79 Å². The SMILES string of the molecule is CC(C(=O)N(C)C)N1CCC(CNC(C)(C)C)CC1. The van der Waals surface area contributed by atoms with Crippen molar-refractivity contribution in [2.24, 2.45) is 5.92 Å². The van der Waals surface area contributed by atoms with Crippen LogP contribution in [0.1, 0.15) is 40.5 Å². The van der Waals surface area contributed by atoms with Gasteiger partial charge in [0.1, 0.15) is 0 Å². The second kappa shape index (κ2) is 6.71. The van der Waals surface area contributed by atoms with Gasteiger partial charge in [0, 0.05) is 19.6 Å². The first kappa shape index (κ1) is 16.4. The van der Waals surface area contributed by atoms with Gasteiger partial charge >= 0.3 is 0 Å². The first-order valence-electron chi connectivity index (χ1n) is 7.41. The van der Waals surface area contributed by atoms with Crippen molar-refractivity contribution in [1.82, 2.24) is 15.1 Å². The first-order chi connectivity index (χ1) is 8.70. The molecule has 0 bridgehead atoms. The van der Waals surface area contributed by atoms with Gasteiger partial charge in [0.15, 0.2) is 0 Å². The average Bonchev–Trinajstić information content (AvgIpc) is 2.34. The van der Waals surface area contributed by atoms with E-state index in [1.807, 2.05) is 21.0 Å². The number of hydrogen-bond acceptors (Lipinski definition) is 3. The van der Waals surface area contributed by atoms with Gasteiger partial charge in [-0.3, -0.25) is 9.69 Å². The number of carbonyl (C=O) groups excluding carboxylic acids is 1. The molecule has 0 spiro atoms. The lowest BCUT2D eigenvalue weighted by atomic mass is 9.94. The topological polar surface area (TPSA) is 35.6 Å². The number of nitrogens with zero attached hydrogens (tertiary/aromatic N) is 2. The Hall–Kier alpha value is -0.610. The van der Waals surface area contributed by atoms with Crippen LogP contribution in [-0.2, 0) is 4.79 Å². The fourth-order valence-electron chi connectivity index (χ4n) is 2.52. The van der Waals surface area contributed by atoms with Gasteiger partial charge in [-0.1, -0.05) is 0 Å². The predicted octanol–water partition coefficient (Wildman–Crippen LogP) is 1.56. The number of likely N-dealkylation sites (N-methyl/N-ethyl adjacent to an activating group) is 1. The Morgan fingerprint density at radius 1 is 1.32 bits per heavy atom. The molecule has 1 rings (SSSR count). The molecule has 0 aliphatic carbocycles. The third-order valence-electron chi connectivity index (χ3n) is 3.92. The standard InChI is InChI=1S/C15H31N3O/c1-12(14(19)17(5)6)18-9-7-13(8-10-18)11-16-15(2,3)4/h12-13,16H,7-11H2,1-6H3. The first-order valence-corrected chi connectivity index (χ1v) is 7.41. The molecule has 4 heteroatoms. The van der Waals surface area contributed by atoms with Crippen LogP contribution in [0.2, 0.25) is 0 Å². The highest BCUT2D eigenvalue weighted by Gasteiger charge is 2.27. The van der Waals surface area contributed by atoms with Gasteiger partial charge in [0.2, 0.25) is 5.91 Å². The summed E-state index contributed by atoms with van der Waals surface area (Å²) in [6, 6.07) is 0.0199. The number of amides is 1. The maximum atomic E-state index is 12.0. The Morgan fingerprint density at radius 3 is 2.26 bits per heavy atom. The minimum Gasteiger partial charge on any atom is -0.347 e. The van der Waals surface area contributed by atoms with Crippen molar-refractivity contribution in [3.05, 3.63) is 0 Å². The summed E-state index contributed by atoms with van der Waals surface area (Å²) in [6.07, 6.45) is 2.38. The van der Waals surface area contributed by atoms with Crippen molar-refractivity contribution >= 4 is 5.91 Å². The van der Waals surface area contributed by atoms with Gasteiger partial charge in [-0.05, 0) is 66.1 Å². The van der Waals surface area contributed by atoms with E-state index in [2.05, 4.69) is 31.0 Å². The second-order valence-corrected chi connectivity index (χ2v) is 7.02. The zero-order valence-corrected chi connectivity index (χ0v) is 13.5. The zero-order valence-electron chi connectivity index (χ0n) is 13.5. The summed E-state index contributed by atoms with van der Waals surface area (Å²) >= 11 is 0. The van der Waals surface area contributed by atoms with Crippen molar-refractivity contribution in [3.63, 3.8) is 0 Å². The van der Waals surface area contributed by atoms with E-state index in [0.29, 0.717) is 0 Å². The van der Waals surface area contributed by atoms with Crippen LogP contribution in [0.25, 0.3) is 0 Å². The molecule has 0 aromatic carbocycles. The van der Waals surface area contributed by atoms with Gasteiger partial charge in [0.05, 0.1) is 6.04 Å². The molecular weight excluding hydrogens is 238 g/mol. The molecule has 1 amide bonds. The summed E-state index contributed by atoms with van der Waals surface area (Å²) in [7, 11) is 3.66. The molecule has 19 heavy (non-hydrogen) atoms. The molecule has 1 saturated heterocycles. The van der Waals surface area contributed by atoms with E-state index in [4.69, 9.17) is 0 Å². The number of hydrogen-bond donors (Lipinski definition) is 1. The number of nitrogens with one attached hydrogen (secondary N) is 1. The lowest BCUT2D eigenvalue weighted by Gasteiger charge is -2.37. The Kier molecular flexibility index (Phi) is 5.81. The van der Waals surface area contributed by atoms with E-state index in [1.165, 1.54) is 12.8 Å². The Balaban J connectivity index is 2.34. The average molecular weight is 269 g/mol. The third kappa shape index (κ3) is 5.49. The van der Waals surface area contributed by atoms with Gasteiger partial charge in [-0.2, -0.15) is 0 Å². The maximum absolute atomic E-state index is 12.0. The van der Waals surface area contributed by atoms with Crippen LogP contribution in [0.3, 0.4) is 0 Å². The van der Waals surface area contributed by atoms with E-state index in [-0.39, 0.29) is 17.5 Å². The molecule has 1 unspecified atom stereocenters. The van der Waals surface area contributed by atoms with Gasteiger partial charge < -0.3 is 10.2 Å². The number of rotatable bonds is 4. The third-order valence-corrected chi connectivity index (χ3v) is 3.92. The minimum absolute atomic E-state index is 0.0199. The summed E-state index contributed by atoms with van der Waals surface area (Å²) in [5, 5.41) is 3.58. The fraction of sp³-hybridized carbons (Fsp3) is 0.933. The monoisotopic (exact) mass is 269 g/mol. The molecule has 112 valence electrons. The Labute approximate surface area is 118 Å². The van der Waals surface area contributed by atoms with E-state index < -0.39 is 0 Å².